The molecule has 3 aromatic rings. The summed E-state index contributed by atoms with van der Waals surface area (Å²) in [5, 5.41) is 12.5. The zero-order valence-electron chi connectivity index (χ0n) is 17.8. The summed E-state index contributed by atoms with van der Waals surface area (Å²) in [6, 6.07) is 11.7. The Morgan fingerprint density at radius 3 is 2.61 bits per heavy atom. The Hall–Kier alpha value is -2.74. The van der Waals surface area contributed by atoms with Gasteiger partial charge in [0, 0.05) is 6.04 Å². The Kier molecular flexibility index (Phi) is 7.30. The number of benzene rings is 1. The van der Waals surface area contributed by atoms with Crippen molar-refractivity contribution in [3.05, 3.63) is 42.7 Å². The molecule has 0 aliphatic heterocycles. The maximum Gasteiger partial charge on any atom is 0.230 e. The number of rotatable bonds is 8. The molecule has 31 heavy (non-hydrogen) atoms. The topological polar surface area (TPSA) is 82.2 Å². The molecule has 4 rings (SSSR count). The fourth-order valence-electron chi connectivity index (χ4n) is 3.84. The van der Waals surface area contributed by atoms with Crippen LogP contribution >= 0.6 is 11.8 Å². The number of thioether (sulfide) groups is 1. The summed E-state index contributed by atoms with van der Waals surface area (Å²) >= 11 is 1.38. The third-order valence-electron chi connectivity index (χ3n) is 5.33. The molecular weight excluding hydrogens is 412 g/mol. The molecule has 164 valence electrons. The molecule has 0 saturated heterocycles. The summed E-state index contributed by atoms with van der Waals surface area (Å²) < 4.78 is 13.0. The van der Waals surface area contributed by atoms with Gasteiger partial charge in [-0.1, -0.05) is 37.4 Å². The van der Waals surface area contributed by atoms with E-state index in [1.54, 1.807) is 6.26 Å². The van der Waals surface area contributed by atoms with E-state index in [4.69, 9.17) is 9.15 Å². The molecule has 1 aliphatic rings. The van der Waals surface area contributed by atoms with Gasteiger partial charge in [-0.25, -0.2) is 0 Å². The summed E-state index contributed by atoms with van der Waals surface area (Å²) in [6.07, 6.45) is 8.67. The van der Waals surface area contributed by atoms with Crippen molar-refractivity contribution in [2.45, 2.75) is 56.6 Å². The Bertz CT molecular complexity index is 961. The monoisotopic (exact) mass is 440 g/mol. The Morgan fingerprint density at radius 1 is 1.16 bits per heavy atom. The summed E-state index contributed by atoms with van der Waals surface area (Å²) in [4.78, 5) is 12.6. The fraction of sp³-hybridized carbons (Fsp3) is 0.435. The summed E-state index contributed by atoms with van der Waals surface area (Å²) in [5.41, 5.74) is 0.881. The van der Waals surface area contributed by atoms with Crippen LogP contribution in [0.5, 0.6) is 5.75 Å². The van der Waals surface area contributed by atoms with E-state index in [0.29, 0.717) is 35.1 Å². The summed E-state index contributed by atoms with van der Waals surface area (Å²) in [6.45, 7) is 2.57. The molecule has 1 amide bonds. The van der Waals surface area contributed by atoms with Crippen LogP contribution in [-0.2, 0) is 4.79 Å². The quantitative estimate of drug-likeness (QED) is 0.398. The van der Waals surface area contributed by atoms with Gasteiger partial charge in [-0.15, -0.1) is 10.2 Å². The molecule has 2 heterocycles. The van der Waals surface area contributed by atoms with Crippen molar-refractivity contribution in [2.24, 2.45) is 0 Å². The van der Waals surface area contributed by atoms with Gasteiger partial charge < -0.3 is 14.5 Å². The lowest BCUT2D eigenvalue weighted by atomic mass is 10.1. The van der Waals surface area contributed by atoms with Gasteiger partial charge in [-0.3, -0.25) is 9.36 Å². The fourth-order valence-corrected chi connectivity index (χ4v) is 4.61. The van der Waals surface area contributed by atoms with Crippen molar-refractivity contribution in [1.82, 2.24) is 20.1 Å². The highest BCUT2D eigenvalue weighted by Gasteiger charge is 2.20. The number of carbonyl (C=O) groups is 1. The zero-order chi connectivity index (χ0) is 21.5. The van der Waals surface area contributed by atoms with E-state index in [-0.39, 0.29) is 5.91 Å². The van der Waals surface area contributed by atoms with Crippen LogP contribution < -0.4 is 10.1 Å². The van der Waals surface area contributed by atoms with Gasteiger partial charge in [0.15, 0.2) is 10.9 Å². The largest absolute Gasteiger partial charge is 0.494 e. The number of amides is 1. The molecule has 0 bridgehead atoms. The van der Waals surface area contributed by atoms with Gasteiger partial charge in [0.25, 0.3) is 0 Å². The molecule has 0 spiro atoms. The minimum absolute atomic E-state index is 0.0395. The molecule has 1 aromatic carbocycles. The lowest BCUT2D eigenvalue weighted by Gasteiger charge is -2.16. The second-order valence-electron chi connectivity index (χ2n) is 7.59. The summed E-state index contributed by atoms with van der Waals surface area (Å²) in [7, 11) is 0. The molecule has 0 radical (unpaired) electrons. The van der Waals surface area contributed by atoms with Crippen molar-refractivity contribution in [3.8, 4) is 23.0 Å². The first-order valence-electron chi connectivity index (χ1n) is 10.9. The Balaban J connectivity index is 1.51. The van der Waals surface area contributed by atoms with E-state index < -0.39 is 0 Å². The molecule has 8 heteroatoms. The van der Waals surface area contributed by atoms with E-state index in [1.165, 1.54) is 37.4 Å². The normalized spacial score (nSPS) is 14.9. The SMILES string of the molecule is CCOc1ccc(-n2c(SCC(=O)NC3CCCCCC3)nnc2-c2ccco2)cc1. The zero-order valence-corrected chi connectivity index (χ0v) is 18.6. The second kappa shape index (κ2) is 10.5. The molecule has 1 saturated carbocycles. The molecular formula is C23H28N4O3S. The van der Waals surface area contributed by atoms with Gasteiger partial charge in [-0.2, -0.15) is 0 Å². The third kappa shape index (κ3) is 5.50. The predicted octanol–water partition coefficient (Wildman–Crippen LogP) is 4.86. The standard InChI is InChI=1S/C23H28N4O3S/c1-2-29-19-13-11-18(12-14-19)27-22(20-10-7-15-30-20)25-26-23(27)31-16-21(28)24-17-8-5-3-4-6-9-17/h7,10-15,17H,2-6,8-9,16H2,1H3,(H,24,28). The number of nitrogens with zero attached hydrogens (tertiary/aromatic N) is 3. The average Bonchev–Trinajstić information content (AvgIpc) is 3.38. The minimum atomic E-state index is 0.0395. The smallest absolute Gasteiger partial charge is 0.230 e. The van der Waals surface area contributed by atoms with Crippen LogP contribution in [0.2, 0.25) is 0 Å². The van der Waals surface area contributed by atoms with E-state index in [1.807, 2.05) is 47.9 Å². The maximum atomic E-state index is 12.6. The lowest BCUT2D eigenvalue weighted by Crippen LogP contribution is -2.35. The predicted molar refractivity (Wildman–Crippen MR) is 121 cm³/mol. The van der Waals surface area contributed by atoms with Gasteiger partial charge in [-0.05, 0) is 56.2 Å². The third-order valence-corrected chi connectivity index (χ3v) is 6.26. The van der Waals surface area contributed by atoms with Crippen molar-refractivity contribution >= 4 is 17.7 Å². The number of nitrogens with one attached hydrogen (secondary N) is 1. The average molecular weight is 441 g/mol. The van der Waals surface area contributed by atoms with Crippen LogP contribution in [0.25, 0.3) is 17.3 Å². The highest BCUT2D eigenvalue weighted by Crippen LogP contribution is 2.29. The van der Waals surface area contributed by atoms with Crippen molar-refractivity contribution in [1.29, 1.82) is 0 Å². The van der Waals surface area contributed by atoms with Gasteiger partial charge in [0.05, 0.1) is 24.3 Å². The lowest BCUT2D eigenvalue weighted by molar-refractivity contribution is -0.119. The molecule has 7 nitrogen and oxygen atoms in total. The highest BCUT2D eigenvalue weighted by molar-refractivity contribution is 7.99. The molecule has 0 unspecified atom stereocenters. The number of aromatic nitrogens is 3. The van der Waals surface area contributed by atoms with Crippen molar-refractivity contribution in [2.75, 3.05) is 12.4 Å². The Labute approximate surface area is 186 Å². The van der Waals surface area contributed by atoms with Crippen molar-refractivity contribution < 1.29 is 13.9 Å². The number of ether oxygens (including phenoxy) is 1. The van der Waals surface area contributed by atoms with E-state index in [0.717, 1.165) is 24.3 Å². The van der Waals surface area contributed by atoms with E-state index >= 15 is 0 Å². The van der Waals surface area contributed by atoms with E-state index in [2.05, 4.69) is 15.5 Å². The Morgan fingerprint density at radius 2 is 1.94 bits per heavy atom. The number of hydrogen-bond donors (Lipinski definition) is 1. The van der Waals surface area contributed by atoms with Crippen LogP contribution in [0.15, 0.2) is 52.2 Å². The van der Waals surface area contributed by atoms with Gasteiger partial charge in [0.2, 0.25) is 11.7 Å². The van der Waals surface area contributed by atoms with Crippen LogP contribution in [0.3, 0.4) is 0 Å². The van der Waals surface area contributed by atoms with Gasteiger partial charge >= 0.3 is 0 Å². The molecule has 2 aromatic heterocycles. The highest BCUT2D eigenvalue weighted by atomic mass is 32.2. The van der Waals surface area contributed by atoms with Crippen molar-refractivity contribution in [3.63, 3.8) is 0 Å². The first kappa shape index (κ1) is 21.5. The first-order chi connectivity index (χ1) is 15.2. The second-order valence-corrected chi connectivity index (χ2v) is 8.53. The summed E-state index contributed by atoms with van der Waals surface area (Å²) in [5.74, 6) is 2.36. The van der Waals surface area contributed by atoms with Crippen LogP contribution in [0, 0.1) is 0 Å². The molecule has 1 aliphatic carbocycles. The molecule has 1 N–H and O–H groups in total. The van der Waals surface area contributed by atoms with Crippen LogP contribution in [-0.4, -0.2) is 39.1 Å². The van der Waals surface area contributed by atoms with Crippen LogP contribution in [0.1, 0.15) is 45.4 Å². The maximum absolute atomic E-state index is 12.6. The number of furan rings is 1. The number of hydrogen-bond acceptors (Lipinski definition) is 6. The van der Waals surface area contributed by atoms with E-state index in [9.17, 15) is 4.79 Å². The minimum Gasteiger partial charge on any atom is -0.494 e. The van der Waals surface area contributed by atoms with Crippen LogP contribution in [0.4, 0.5) is 0 Å². The molecule has 1 fully saturated rings. The first-order valence-corrected chi connectivity index (χ1v) is 11.9. The van der Waals surface area contributed by atoms with Gasteiger partial charge in [0.1, 0.15) is 5.75 Å². The number of carbonyl (C=O) groups excluding carboxylic acids is 1. The molecule has 0 atom stereocenters.